The third-order valence-electron chi connectivity index (χ3n) is 1.77. The zero-order chi connectivity index (χ0) is 11.4. The Morgan fingerprint density at radius 3 is 2.50 bits per heavy atom. The molecule has 0 fully saturated rings. The van der Waals surface area contributed by atoms with Gasteiger partial charge in [0.2, 0.25) is 0 Å². The van der Waals surface area contributed by atoms with E-state index in [-0.39, 0.29) is 6.15 Å². The first-order valence-electron chi connectivity index (χ1n) is 4.29. The van der Waals surface area contributed by atoms with Gasteiger partial charge in [0, 0.05) is 9.75 Å². The molecule has 16 heavy (non-hydrogen) atoms. The van der Waals surface area contributed by atoms with Crippen molar-refractivity contribution in [2.45, 2.75) is 13.3 Å². The van der Waals surface area contributed by atoms with E-state index in [9.17, 15) is 14.7 Å². The van der Waals surface area contributed by atoms with Crippen LogP contribution in [0, 0.1) is 0 Å². The molecule has 0 radical (unpaired) electrons. The Labute approximate surface area is 96.6 Å². The smallest absolute Gasteiger partial charge is 0.337 e. The van der Waals surface area contributed by atoms with Gasteiger partial charge in [-0.2, -0.15) is 0 Å². The van der Waals surface area contributed by atoms with Crippen molar-refractivity contribution < 1.29 is 19.8 Å². The predicted molar refractivity (Wildman–Crippen MR) is 60.3 cm³/mol. The summed E-state index contributed by atoms with van der Waals surface area (Å²) in [5.41, 5.74) is -0.723. The molecular formula is C10H13NO4S. The average Bonchev–Trinajstić information content (AvgIpc) is 2.60. The molecule has 0 saturated carbocycles. The molecule has 1 rings (SSSR count). The first-order valence-corrected chi connectivity index (χ1v) is 5.11. The lowest BCUT2D eigenvalue weighted by Crippen LogP contribution is -2.28. The van der Waals surface area contributed by atoms with Gasteiger partial charge in [-0.15, -0.1) is 11.3 Å². The van der Waals surface area contributed by atoms with Crippen LogP contribution in [0.3, 0.4) is 0 Å². The van der Waals surface area contributed by atoms with Gasteiger partial charge >= 0.3 is 5.97 Å². The fourth-order valence-corrected chi connectivity index (χ4v) is 1.91. The fourth-order valence-electron chi connectivity index (χ4n) is 1.01. The van der Waals surface area contributed by atoms with Crippen molar-refractivity contribution in [1.82, 2.24) is 6.15 Å². The molecule has 0 atom stereocenters. The maximum Gasteiger partial charge on any atom is 0.337 e. The molecule has 5 N–H and O–H groups in total. The summed E-state index contributed by atoms with van der Waals surface area (Å²) in [7, 11) is 0. The molecule has 5 nitrogen and oxygen atoms in total. The number of carbonyl (C=O) groups is 2. The lowest BCUT2D eigenvalue weighted by molar-refractivity contribution is -0.298. The van der Waals surface area contributed by atoms with E-state index < -0.39 is 17.5 Å². The number of carboxylic acid groups (broad SMARTS) is 2. The lowest BCUT2D eigenvalue weighted by atomic mass is 10.2. The maximum atomic E-state index is 10.5. The molecular weight excluding hydrogens is 230 g/mol. The number of hydrogen-bond donors (Lipinski definition) is 2. The normalized spacial score (nSPS) is 10.7. The monoisotopic (exact) mass is 243 g/mol. The Morgan fingerprint density at radius 1 is 1.50 bits per heavy atom. The second-order valence-corrected chi connectivity index (χ2v) is 4.01. The first kappa shape index (κ1) is 14.3. The molecule has 0 aromatic carbocycles. The Hall–Kier alpha value is -1.66. The van der Waals surface area contributed by atoms with Crippen molar-refractivity contribution in [3.63, 3.8) is 0 Å². The van der Waals surface area contributed by atoms with E-state index >= 15 is 0 Å². The van der Waals surface area contributed by atoms with Crippen LogP contribution >= 0.6 is 11.3 Å². The summed E-state index contributed by atoms with van der Waals surface area (Å²) in [5.74, 6) is -3.16. The minimum Gasteiger partial charge on any atom is -0.545 e. The van der Waals surface area contributed by atoms with Crippen molar-refractivity contribution in [1.29, 1.82) is 0 Å². The minimum atomic E-state index is -1.67. The fraction of sp³-hybridized carbons (Fsp3) is 0.200. The highest BCUT2D eigenvalue weighted by atomic mass is 32.1. The maximum absolute atomic E-state index is 10.5. The van der Waals surface area contributed by atoms with Crippen LogP contribution in [0.2, 0.25) is 0 Å². The summed E-state index contributed by atoms with van der Waals surface area (Å²) >= 11 is 1.37. The number of hydrogen-bond acceptors (Lipinski definition) is 4. The van der Waals surface area contributed by atoms with E-state index in [1.165, 1.54) is 11.3 Å². The molecule has 0 bridgehead atoms. The molecule has 0 aliphatic carbocycles. The quantitative estimate of drug-likeness (QED) is 0.464. The van der Waals surface area contributed by atoms with E-state index in [1.807, 2.05) is 13.0 Å². The minimum absolute atomic E-state index is 0. The average molecular weight is 243 g/mol. The van der Waals surface area contributed by atoms with Crippen molar-refractivity contribution in [3.05, 3.63) is 27.5 Å². The van der Waals surface area contributed by atoms with Gasteiger partial charge in [0.25, 0.3) is 0 Å². The van der Waals surface area contributed by atoms with Gasteiger partial charge in [-0.05, 0) is 24.6 Å². The number of carboxylic acids is 2. The third-order valence-corrected chi connectivity index (χ3v) is 2.94. The Bertz CT molecular complexity index is 406. The van der Waals surface area contributed by atoms with Crippen molar-refractivity contribution >= 4 is 29.4 Å². The molecule has 1 heterocycles. The van der Waals surface area contributed by atoms with Crippen LogP contribution in [0.4, 0.5) is 0 Å². The molecule has 0 aliphatic rings. The number of carbonyl (C=O) groups excluding carboxylic acids is 1. The predicted octanol–water partition coefficient (Wildman–Crippen LogP) is 0.905. The van der Waals surface area contributed by atoms with Gasteiger partial charge in [0.15, 0.2) is 0 Å². The number of aliphatic carboxylic acids is 2. The molecule has 0 spiro atoms. The zero-order valence-corrected chi connectivity index (χ0v) is 9.84. The van der Waals surface area contributed by atoms with E-state index in [2.05, 4.69) is 0 Å². The second-order valence-electron chi connectivity index (χ2n) is 2.81. The molecule has 0 amide bonds. The number of thiophene rings is 1. The van der Waals surface area contributed by atoms with Gasteiger partial charge in [-0.3, -0.25) is 0 Å². The van der Waals surface area contributed by atoms with Crippen molar-refractivity contribution in [3.8, 4) is 0 Å². The number of rotatable bonds is 4. The Morgan fingerprint density at radius 2 is 2.12 bits per heavy atom. The highest BCUT2D eigenvalue weighted by Gasteiger charge is 2.08. The topological polar surface area (TPSA) is 114 Å². The van der Waals surface area contributed by atoms with Gasteiger partial charge in [-0.1, -0.05) is 6.92 Å². The van der Waals surface area contributed by atoms with Crippen LogP contribution in [-0.4, -0.2) is 17.0 Å². The molecule has 88 valence electrons. The van der Waals surface area contributed by atoms with E-state index in [0.717, 1.165) is 17.4 Å². The van der Waals surface area contributed by atoms with E-state index in [0.29, 0.717) is 4.88 Å². The molecule has 6 heteroatoms. The molecule has 1 aromatic rings. The Balaban J connectivity index is 0.00000225. The molecule has 0 aliphatic heterocycles. The summed E-state index contributed by atoms with van der Waals surface area (Å²) < 4.78 is 0. The van der Waals surface area contributed by atoms with Crippen LogP contribution in [0.5, 0.6) is 0 Å². The van der Waals surface area contributed by atoms with Gasteiger partial charge in [0.05, 0.1) is 11.5 Å². The zero-order valence-electron chi connectivity index (χ0n) is 9.02. The SMILES string of the molecule is CCc1ccc(/C=C(/C(=O)[O-])C(=O)O)s1.[NH4+]. The standard InChI is InChI=1S/C10H10O4S.H3N/c1-2-6-3-4-7(15-6)5-8(9(11)12)10(13)14;/h3-5H,2H2,1H3,(H,11,12)(H,13,14);1H3. The largest absolute Gasteiger partial charge is 0.545 e. The van der Waals surface area contributed by atoms with Crippen LogP contribution in [-0.2, 0) is 16.0 Å². The third kappa shape index (κ3) is 3.48. The first-order chi connectivity index (χ1) is 7.04. The van der Waals surface area contributed by atoms with Crippen molar-refractivity contribution in [2.24, 2.45) is 0 Å². The van der Waals surface area contributed by atoms with Crippen LogP contribution in [0.1, 0.15) is 16.7 Å². The second kappa shape index (κ2) is 6.04. The number of aryl methyl sites for hydroxylation is 1. The van der Waals surface area contributed by atoms with Crippen LogP contribution in [0.25, 0.3) is 6.08 Å². The van der Waals surface area contributed by atoms with Gasteiger partial charge in [0.1, 0.15) is 0 Å². The summed E-state index contributed by atoms with van der Waals surface area (Å²) in [5, 5.41) is 19.1. The molecule has 0 unspecified atom stereocenters. The highest BCUT2D eigenvalue weighted by molar-refractivity contribution is 7.12. The van der Waals surface area contributed by atoms with Gasteiger partial charge < -0.3 is 21.2 Å². The lowest BCUT2D eigenvalue weighted by Gasteiger charge is -2.01. The summed E-state index contributed by atoms with van der Waals surface area (Å²) in [6.07, 6.45) is 1.95. The van der Waals surface area contributed by atoms with Crippen LogP contribution in [0.15, 0.2) is 17.7 Å². The molecule has 1 aromatic heterocycles. The molecule has 0 saturated heterocycles. The van der Waals surface area contributed by atoms with Crippen LogP contribution < -0.4 is 11.3 Å². The highest BCUT2D eigenvalue weighted by Crippen LogP contribution is 2.19. The number of quaternary nitrogens is 1. The summed E-state index contributed by atoms with van der Waals surface area (Å²) in [6, 6.07) is 3.53. The summed E-state index contributed by atoms with van der Waals surface area (Å²) in [6.45, 7) is 1.97. The van der Waals surface area contributed by atoms with E-state index in [4.69, 9.17) is 5.11 Å². The van der Waals surface area contributed by atoms with E-state index in [1.54, 1.807) is 6.07 Å². The van der Waals surface area contributed by atoms with Crippen molar-refractivity contribution in [2.75, 3.05) is 0 Å². The van der Waals surface area contributed by atoms with Gasteiger partial charge in [-0.25, -0.2) is 4.79 Å². The Kier molecular flexibility index (Phi) is 5.41. The summed E-state index contributed by atoms with van der Waals surface area (Å²) in [4.78, 5) is 22.7.